The molecule has 0 radical (unpaired) electrons. The van der Waals surface area contributed by atoms with Gasteiger partial charge in [-0.1, -0.05) is 24.3 Å². The molecule has 1 amide bonds. The monoisotopic (exact) mass is 341 g/mol. The number of para-hydroxylation sites is 1. The second kappa shape index (κ2) is 6.01. The number of halogens is 1. The predicted molar refractivity (Wildman–Crippen MR) is 84.9 cm³/mol. The van der Waals surface area contributed by atoms with Gasteiger partial charge in [-0.2, -0.15) is 0 Å². The second-order valence-corrected chi connectivity index (χ2v) is 5.36. The molecule has 2 aromatic heterocycles. The number of carbonyl (C=O) groups excluding carboxylic acids is 1. The summed E-state index contributed by atoms with van der Waals surface area (Å²) >= 11 is 3.33. The molecular weight excluding hydrogens is 330 g/mol. The standard InChI is InChI=1S/C16H12BrN3O/c17-13-7-3-9-19-15(13)16(21)20-10-12-5-1-4-11-6-2-8-18-14(11)12/h1-9H,10H2,(H,20,21). The molecular formula is C16H12BrN3O. The molecule has 1 N–H and O–H groups in total. The largest absolute Gasteiger partial charge is 0.347 e. The highest BCUT2D eigenvalue weighted by atomic mass is 79.9. The average molecular weight is 342 g/mol. The molecule has 21 heavy (non-hydrogen) atoms. The van der Waals surface area contributed by atoms with Crippen LogP contribution < -0.4 is 5.32 Å². The van der Waals surface area contributed by atoms with Crippen molar-refractivity contribution in [1.82, 2.24) is 15.3 Å². The van der Waals surface area contributed by atoms with Gasteiger partial charge in [0, 0.05) is 28.8 Å². The minimum atomic E-state index is -0.213. The average Bonchev–Trinajstić information content (AvgIpc) is 2.53. The molecule has 4 nitrogen and oxygen atoms in total. The molecule has 0 bridgehead atoms. The van der Waals surface area contributed by atoms with E-state index in [4.69, 9.17) is 0 Å². The molecule has 1 aromatic carbocycles. The Hall–Kier alpha value is -2.27. The van der Waals surface area contributed by atoms with Crippen molar-refractivity contribution in [1.29, 1.82) is 0 Å². The van der Waals surface area contributed by atoms with Crippen molar-refractivity contribution in [2.45, 2.75) is 6.54 Å². The maximum absolute atomic E-state index is 12.2. The summed E-state index contributed by atoms with van der Waals surface area (Å²) in [7, 11) is 0. The van der Waals surface area contributed by atoms with E-state index in [1.807, 2.05) is 30.3 Å². The molecule has 0 aliphatic carbocycles. The smallest absolute Gasteiger partial charge is 0.271 e. The summed E-state index contributed by atoms with van der Waals surface area (Å²) in [5.41, 5.74) is 2.26. The zero-order chi connectivity index (χ0) is 14.7. The van der Waals surface area contributed by atoms with Crippen molar-refractivity contribution in [2.24, 2.45) is 0 Å². The number of aromatic nitrogens is 2. The lowest BCUT2D eigenvalue weighted by molar-refractivity contribution is 0.0945. The predicted octanol–water partition coefficient (Wildman–Crippen LogP) is 3.32. The van der Waals surface area contributed by atoms with Crippen molar-refractivity contribution in [3.8, 4) is 0 Å². The lowest BCUT2D eigenvalue weighted by atomic mass is 10.1. The summed E-state index contributed by atoms with van der Waals surface area (Å²) in [4.78, 5) is 20.6. The number of benzene rings is 1. The van der Waals surface area contributed by atoms with Gasteiger partial charge in [-0.25, -0.2) is 4.98 Å². The van der Waals surface area contributed by atoms with Gasteiger partial charge in [-0.3, -0.25) is 9.78 Å². The van der Waals surface area contributed by atoms with E-state index in [9.17, 15) is 4.79 Å². The van der Waals surface area contributed by atoms with E-state index >= 15 is 0 Å². The van der Waals surface area contributed by atoms with Gasteiger partial charge < -0.3 is 5.32 Å². The molecule has 0 saturated heterocycles. The number of amides is 1. The van der Waals surface area contributed by atoms with Gasteiger partial charge in [0.1, 0.15) is 5.69 Å². The maximum Gasteiger partial charge on any atom is 0.271 e. The number of carbonyl (C=O) groups is 1. The van der Waals surface area contributed by atoms with Crippen molar-refractivity contribution in [3.05, 3.63) is 70.6 Å². The van der Waals surface area contributed by atoms with Crippen LogP contribution in [0, 0.1) is 0 Å². The topological polar surface area (TPSA) is 54.9 Å². The summed E-state index contributed by atoms with van der Waals surface area (Å²) in [6, 6.07) is 13.4. The molecule has 3 aromatic rings. The number of fused-ring (bicyclic) bond motifs is 1. The number of pyridine rings is 2. The van der Waals surface area contributed by atoms with Crippen LogP contribution in [0.3, 0.4) is 0 Å². The molecule has 0 spiro atoms. The Balaban J connectivity index is 1.81. The fourth-order valence-corrected chi connectivity index (χ4v) is 2.56. The van der Waals surface area contributed by atoms with E-state index in [1.165, 1.54) is 0 Å². The van der Waals surface area contributed by atoms with Crippen molar-refractivity contribution in [3.63, 3.8) is 0 Å². The Kier molecular flexibility index (Phi) is 3.92. The minimum Gasteiger partial charge on any atom is -0.347 e. The Morgan fingerprint density at radius 2 is 1.81 bits per heavy atom. The lowest BCUT2D eigenvalue weighted by Gasteiger charge is -2.08. The third-order valence-corrected chi connectivity index (χ3v) is 3.77. The van der Waals surface area contributed by atoms with Gasteiger partial charge in [-0.15, -0.1) is 0 Å². The summed E-state index contributed by atoms with van der Waals surface area (Å²) in [6.07, 6.45) is 3.35. The van der Waals surface area contributed by atoms with Crippen LogP contribution in [0.2, 0.25) is 0 Å². The van der Waals surface area contributed by atoms with Crippen LogP contribution in [0.5, 0.6) is 0 Å². The molecule has 104 valence electrons. The molecule has 2 heterocycles. The first kappa shape index (κ1) is 13.7. The normalized spacial score (nSPS) is 10.5. The number of hydrogen-bond acceptors (Lipinski definition) is 3. The van der Waals surface area contributed by atoms with E-state index in [0.29, 0.717) is 16.7 Å². The highest BCUT2D eigenvalue weighted by molar-refractivity contribution is 9.10. The first-order chi connectivity index (χ1) is 10.3. The maximum atomic E-state index is 12.2. The van der Waals surface area contributed by atoms with Crippen LogP contribution in [0.15, 0.2) is 59.3 Å². The molecule has 5 heteroatoms. The van der Waals surface area contributed by atoms with Crippen LogP contribution in [-0.4, -0.2) is 15.9 Å². The van der Waals surface area contributed by atoms with Crippen LogP contribution in [-0.2, 0) is 6.54 Å². The molecule has 0 atom stereocenters. The fourth-order valence-electron chi connectivity index (χ4n) is 2.12. The quantitative estimate of drug-likeness (QED) is 0.794. The minimum absolute atomic E-state index is 0.213. The van der Waals surface area contributed by atoms with Gasteiger partial charge >= 0.3 is 0 Å². The number of rotatable bonds is 3. The Morgan fingerprint density at radius 1 is 1.05 bits per heavy atom. The highest BCUT2D eigenvalue weighted by Crippen LogP contribution is 2.16. The van der Waals surface area contributed by atoms with Crippen LogP contribution in [0.1, 0.15) is 16.1 Å². The van der Waals surface area contributed by atoms with Gasteiger partial charge in [0.15, 0.2) is 0 Å². The third-order valence-electron chi connectivity index (χ3n) is 3.13. The van der Waals surface area contributed by atoms with Crippen LogP contribution >= 0.6 is 15.9 Å². The SMILES string of the molecule is O=C(NCc1cccc2cccnc12)c1ncccc1Br. The molecule has 0 fully saturated rings. The van der Waals surface area contributed by atoms with Crippen molar-refractivity contribution in [2.75, 3.05) is 0 Å². The van der Waals surface area contributed by atoms with Gasteiger partial charge in [0.2, 0.25) is 0 Å². The first-order valence-electron chi connectivity index (χ1n) is 6.47. The molecule has 0 aliphatic heterocycles. The number of hydrogen-bond donors (Lipinski definition) is 1. The zero-order valence-electron chi connectivity index (χ0n) is 11.1. The highest BCUT2D eigenvalue weighted by Gasteiger charge is 2.11. The van der Waals surface area contributed by atoms with Crippen LogP contribution in [0.25, 0.3) is 10.9 Å². The van der Waals surface area contributed by atoms with Gasteiger partial charge in [-0.05, 0) is 39.7 Å². The summed E-state index contributed by atoms with van der Waals surface area (Å²) < 4.78 is 0.679. The molecule has 3 rings (SSSR count). The zero-order valence-corrected chi connectivity index (χ0v) is 12.7. The Bertz CT molecular complexity index is 799. The fraction of sp³-hybridized carbons (Fsp3) is 0.0625. The van der Waals surface area contributed by atoms with E-state index in [1.54, 1.807) is 24.5 Å². The van der Waals surface area contributed by atoms with E-state index in [0.717, 1.165) is 16.5 Å². The Morgan fingerprint density at radius 3 is 2.67 bits per heavy atom. The molecule has 0 unspecified atom stereocenters. The summed E-state index contributed by atoms with van der Waals surface area (Å²) in [5, 5.41) is 3.94. The molecule has 0 saturated carbocycles. The number of nitrogens with one attached hydrogen (secondary N) is 1. The van der Waals surface area contributed by atoms with E-state index in [-0.39, 0.29) is 5.91 Å². The summed E-state index contributed by atoms with van der Waals surface area (Å²) in [5.74, 6) is -0.213. The van der Waals surface area contributed by atoms with Crippen LogP contribution in [0.4, 0.5) is 0 Å². The van der Waals surface area contributed by atoms with E-state index < -0.39 is 0 Å². The summed E-state index contributed by atoms with van der Waals surface area (Å²) in [6.45, 7) is 0.413. The van der Waals surface area contributed by atoms with Gasteiger partial charge in [0.25, 0.3) is 5.91 Å². The van der Waals surface area contributed by atoms with Crippen molar-refractivity contribution < 1.29 is 4.79 Å². The second-order valence-electron chi connectivity index (χ2n) is 4.51. The molecule has 0 aliphatic rings. The number of nitrogens with zero attached hydrogens (tertiary/aromatic N) is 2. The Labute approximate surface area is 130 Å². The van der Waals surface area contributed by atoms with E-state index in [2.05, 4.69) is 31.2 Å². The third kappa shape index (κ3) is 2.92. The van der Waals surface area contributed by atoms with Gasteiger partial charge in [0.05, 0.1) is 5.52 Å². The first-order valence-corrected chi connectivity index (χ1v) is 7.26. The lowest BCUT2D eigenvalue weighted by Crippen LogP contribution is -2.24. The van der Waals surface area contributed by atoms with Crippen molar-refractivity contribution >= 4 is 32.7 Å².